The molecule has 176 valence electrons. The van der Waals surface area contributed by atoms with Crippen molar-refractivity contribution >= 4 is 40.5 Å². The average Bonchev–Trinajstić information content (AvgIpc) is 3.46. The largest absolute Gasteiger partial charge is 0.352 e. The van der Waals surface area contributed by atoms with Gasteiger partial charge in [0.2, 0.25) is 5.91 Å². The number of nitrogens with one attached hydrogen (secondary N) is 2. The predicted molar refractivity (Wildman–Crippen MR) is 138 cm³/mol. The second-order valence-electron chi connectivity index (χ2n) is 8.07. The molecule has 2 N–H and O–H groups in total. The predicted octanol–water partition coefficient (Wildman–Crippen LogP) is 5.28. The van der Waals surface area contributed by atoms with Crippen LogP contribution in [0.1, 0.15) is 23.5 Å². The quantitative estimate of drug-likeness (QED) is 0.349. The molecule has 6 nitrogen and oxygen atoms in total. The van der Waals surface area contributed by atoms with Crippen molar-refractivity contribution in [2.45, 2.75) is 12.1 Å². The maximum absolute atomic E-state index is 13.8. The number of anilines is 1. The van der Waals surface area contributed by atoms with Crippen LogP contribution < -0.4 is 10.6 Å². The Morgan fingerprint density at radius 2 is 1.89 bits per heavy atom. The van der Waals surface area contributed by atoms with Crippen molar-refractivity contribution in [3.05, 3.63) is 113 Å². The zero-order chi connectivity index (χ0) is 24.4. The highest BCUT2D eigenvalue weighted by Crippen LogP contribution is 2.39. The average molecular weight is 506 g/mol. The van der Waals surface area contributed by atoms with E-state index in [1.54, 1.807) is 18.3 Å². The summed E-state index contributed by atoms with van der Waals surface area (Å²) < 4.78 is 15.8. The first-order chi connectivity index (χ1) is 17.0. The molecule has 2 atom stereocenters. The van der Waals surface area contributed by atoms with E-state index >= 15 is 0 Å². The summed E-state index contributed by atoms with van der Waals surface area (Å²) in [6.07, 6.45) is 3.60. The van der Waals surface area contributed by atoms with Crippen LogP contribution in [0.4, 0.5) is 10.1 Å². The van der Waals surface area contributed by atoms with Gasteiger partial charge >= 0.3 is 0 Å². The summed E-state index contributed by atoms with van der Waals surface area (Å²) in [6.45, 7) is 0.0318. The molecule has 0 radical (unpaired) electrons. The number of para-hydroxylation sites is 1. The lowest BCUT2D eigenvalue weighted by molar-refractivity contribution is -0.116. The van der Waals surface area contributed by atoms with Gasteiger partial charge in [-0.15, -0.1) is 0 Å². The molecule has 5 rings (SSSR count). The Hall–Kier alpha value is -3.75. The summed E-state index contributed by atoms with van der Waals surface area (Å²) in [5.41, 5.74) is 3.04. The normalized spacial score (nSPS) is 17.3. The Balaban J connectivity index is 1.52. The molecule has 3 heterocycles. The number of hydrogen-bond acceptors (Lipinski definition) is 3. The smallest absolute Gasteiger partial charge is 0.244 e. The first kappa shape index (κ1) is 23.0. The lowest BCUT2D eigenvalue weighted by Crippen LogP contribution is -2.37. The summed E-state index contributed by atoms with van der Waals surface area (Å²) in [7, 11) is 0. The van der Waals surface area contributed by atoms with Crippen molar-refractivity contribution in [2.75, 3.05) is 11.9 Å². The molecular weight excluding hydrogens is 485 g/mol. The summed E-state index contributed by atoms with van der Waals surface area (Å²) >= 11 is 11.7. The van der Waals surface area contributed by atoms with Crippen LogP contribution >= 0.6 is 23.8 Å². The maximum atomic E-state index is 13.8. The van der Waals surface area contributed by atoms with E-state index in [1.165, 1.54) is 6.07 Å². The molecule has 0 aliphatic carbocycles. The Labute approximate surface area is 212 Å². The van der Waals surface area contributed by atoms with Gasteiger partial charge in [0.15, 0.2) is 5.11 Å². The Morgan fingerprint density at radius 3 is 2.63 bits per heavy atom. The van der Waals surface area contributed by atoms with Crippen LogP contribution in [0.2, 0.25) is 5.02 Å². The van der Waals surface area contributed by atoms with Crippen molar-refractivity contribution < 1.29 is 9.18 Å². The van der Waals surface area contributed by atoms with Gasteiger partial charge in [0.05, 0.1) is 22.8 Å². The second kappa shape index (κ2) is 9.85. The van der Waals surface area contributed by atoms with Gasteiger partial charge in [-0.25, -0.2) is 4.39 Å². The number of hydrogen-bond donors (Lipinski definition) is 2. The first-order valence-corrected chi connectivity index (χ1v) is 11.8. The van der Waals surface area contributed by atoms with Crippen molar-refractivity contribution in [2.24, 2.45) is 0 Å². The standard InChI is InChI=1S/C26H21ClFN5OS/c27-19-15-18(11-12-20(19)28)32-14-6-10-22(32)25-24(21-9-4-5-13-29-21)31-26(35)33(25)16-23(34)30-17-7-2-1-3-8-17/h1-15,24-25H,16H2,(H,30,34)(H,31,35). The Bertz CT molecular complexity index is 1360. The summed E-state index contributed by atoms with van der Waals surface area (Å²) in [6, 6.07) is 22.7. The number of amides is 1. The van der Waals surface area contributed by atoms with Crippen LogP contribution in [-0.2, 0) is 4.79 Å². The number of aromatic nitrogens is 2. The molecule has 2 unspecified atom stereocenters. The molecule has 0 bridgehead atoms. The molecule has 0 saturated carbocycles. The number of carbonyl (C=O) groups excluding carboxylic acids is 1. The van der Waals surface area contributed by atoms with E-state index in [-0.39, 0.29) is 29.6 Å². The highest BCUT2D eigenvalue weighted by atomic mass is 35.5. The summed E-state index contributed by atoms with van der Waals surface area (Å²) in [4.78, 5) is 19.4. The molecule has 35 heavy (non-hydrogen) atoms. The van der Waals surface area contributed by atoms with Crippen LogP contribution in [-0.4, -0.2) is 32.0 Å². The fourth-order valence-corrected chi connectivity index (χ4v) is 4.76. The van der Waals surface area contributed by atoms with Gasteiger partial charge in [-0.05, 0) is 66.8 Å². The molecule has 1 aliphatic heterocycles. The number of halogens is 2. The molecule has 2 aromatic heterocycles. The van der Waals surface area contributed by atoms with E-state index in [4.69, 9.17) is 23.8 Å². The van der Waals surface area contributed by atoms with Gasteiger partial charge in [-0.3, -0.25) is 9.78 Å². The lowest BCUT2D eigenvalue weighted by atomic mass is 10.0. The monoisotopic (exact) mass is 505 g/mol. The topological polar surface area (TPSA) is 62.2 Å². The van der Waals surface area contributed by atoms with E-state index in [2.05, 4.69) is 15.6 Å². The molecular formula is C26H21ClFN5OS. The fourth-order valence-electron chi connectivity index (χ4n) is 4.28. The SMILES string of the molecule is O=C(CN1C(=S)NC(c2ccccn2)C1c1cccn1-c1ccc(F)c(Cl)c1)Nc1ccccc1. The third kappa shape index (κ3) is 4.76. The molecule has 1 fully saturated rings. The van der Waals surface area contributed by atoms with Crippen LogP contribution in [0.15, 0.2) is 91.3 Å². The highest BCUT2D eigenvalue weighted by molar-refractivity contribution is 7.80. The van der Waals surface area contributed by atoms with Crippen LogP contribution in [0.5, 0.6) is 0 Å². The first-order valence-electron chi connectivity index (χ1n) is 11.0. The number of thiocarbonyl (C=S) groups is 1. The minimum absolute atomic E-state index is 0.0302. The van der Waals surface area contributed by atoms with Crippen molar-refractivity contribution in [1.29, 1.82) is 0 Å². The van der Waals surface area contributed by atoms with Gasteiger partial charge in [0.25, 0.3) is 0 Å². The number of carbonyl (C=O) groups is 1. The van der Waals surface area contributed by atoms with E-state index < -0.39 is 5.82 Å². The Kier molecular flexibility index (Phi) is 6.48. The zero-order valence-electron chi connectivity index (χ0n) is 18.4. The molecule has 0 spiro atoms. The Morgan fingerprint density at radius 1 is 1.09 bits per heavy atom. The van der Waals surface area contributed by atoms with E-state index in [1.807, 2.05) is 76.3 Å². The summed E-state index contributed by atoms with van der Waals surface area (Å²) in [5.74, 6) is -0.687. The van der Waals surface area contributed by atoms with Gasteiger partial charge in [0.1, 0.15) is 12.4 Å². The van der Waals surface area contributed by atoms with Crippen LogP contribution in [0, 0.1) is 5.82 Å². The zero-order valence-corrected chi connectivity index (χ0v) is 20.0. The molecule has 4 aromatic rings. The third-order valence-electron chi connectivity index (χ3n) is 5.83. The second-order valence-corrected chi connectivity index (χ2v) is 8.86. The van der Waals surface area contributed by atoms with Crippen LogP contribution in [0.3, 0.4) is 0 Å². The maximum Gasteiger partial charge on any atom is 0.244 e. The lowest BCUT2D eigenvalue weighted by Gasteiger charge is -2.28. The van der Waals surface area contributed by atoms with E-state index in [0.717, 1.165) is 11.4 Å². The van der Waals surface area contributed by atoms with Gasteiger partial charge in [-0.1, -0.05) is 35.9 Å². The van der Waals surface area contributed by atoms with Gasteiger partial charge in [-0.2, -0.15) is 0 Å². The minimum Gasteiger partial charge on any atom is -0.352 e. The van der Waals surface area contributed by atoms with Crippen molar-refractivity contribution in [1.82, 2.24) is 19.8 Å². The fraction of sp³-hybridized carbons (Fsp3) is 0.115. The number of rotatable bonds is 6. The molecule has 2 aromatic carbocycles. The van der Waals surface area contributed by atoms with Gasteiger partial charge < -0.3 is 20.1 Å². The molecule has 1 saturated heterocycles. The molecule has 9 heteroatoms. The highest BCUT2D eigenvalue weighted by Gasteiger charge is 2.42. The molecule has 1 aliphatic rings. The van der Waals surface area contributed by atoms with E-state index in [0.29, 0.717) is 16.5 Å². The summed E-state index contributed by atoms with van der Waals surface area (Å²) in [5, 5.41) is 6.74. The number of nitrogens with zero attached hydrogens (tertiary/aromatic N) is 3. The minimum atomic E-state index is -0.488. The van der Waals surface area contributed by atoms with Gasteiger partial charge in [0, 0.05) is 29.5 Å². The van der Waals surface area contributed by atoms with Crippen molar-refractivity contribution in [3.63, 3.8) is 0 Å². The molecule has 1 amide bonds. The number of pyridine rings is 1. The van der Waals surface area contributed by atoms with E-state index in [9.17, 15) is 9.18 Å². The van der Waals surface area contributed by atoms with Crippen LogP contribution in [0.25, 0.3) is 5.69 Å². The number of benzene rings is 2. The van der Waals surface area contributed by atoms with Crippen molar-refractivity contribution in [3.8, 4) is 5.69 Å². The third-order valence-corrected chi connectivity index (χ3v) is 6.48.